The number of nitrogens with one attached hydrogen (secondary N) is 1. The lowest BCUT2D eigenvalue weighted by Gasteiger charge is -2.27. The number of nitriles is 1. The third kappa shape index (κ3) is 2.78. The van der Waals surface area contributed by atoms with Crippen LogP contribution in [0.25, 0.3) is 0 Å². The molecule has 21 heavy (non-hydrogen) atoms. The van der Waals surface area contributed by atoms with Gasteiger partial charge in [0.2, 0.25) is 0 Å². The van der Waals surface area contributed by atoms with Crippen LogP contribution in [0.1, 0.15) is 21.6 Å². The van der Waals surface area contributed by atoms with E-state index < -0.39 is 0 Å². The van der Waals surface area contributed by atoms with E-state index in [0.29, 0.717) is 6.54 Å². The van der Waals surface area contributed by atoms with Crippen LogP contribution < -0.4 is 5.32 Å². The van der Waals surface area contributed by atoms with E-state index in [1.807, 2.05) is 13.1 Å². The average Bonchev–Trinajstić information content (AvgIpc) is 2.84. The van der Waals surface area contributed by atoms with Gasteiger partial charge in [-0.05, 0) is 24.1 Å². The quantitative estimate of drug-likeness (QED) is 0.945. The topological polar surface area (TPSA) is 39.1 Å². The van der Waals surface area contributed by atoms with Crippen LogP contribution in [0.2, 0.25) is 0 Å². The molecule has 3 rings (SSSR count). The van der Waals surface area contributed by atoms with Crippen molar-refractivity contribution < 1.29 is 4.39 Å². The molecule has 3 nitrogen and oxygen atoms in total. The Morgan fingerprint density at radius 3 is 3.05 bits per heavy atom. The summed E-state index contributed by atoms with van der Waals surface area (Å²) < 4.78 is 13.3. The fourth-order valence-electron chi connectivity index (χ4n) is 2.77. The standard InChI is InChI=1S/C16H16FN3S/c1-19-16-13(8-18)14-10-20(6-5-15(14)21-16)9-11-3-2-4-12(17)7-11/h2-4,7,19H,5-6,9-10H2,1H3. The molecular weight excluding hydrogens is 285 g/mol. The second-order valence-electron chi connectivity index (χ2n) is 5.16. The molecule has 0 saturated heterocycles. The lowest BCUT2D eigenvalue weighted by Crippen LogP contribution is -2.29. The lowest BCUT2D eigenvalue weighted by molar-refractivity contribution is 0.247. The van der Waals surface area contributed by atoms with Crippen LogP contribution >= 0.6 is 11.3 Å². The minimum Gasteiger partial charge on any atom is -0.379 e. The van der Waals surface area contributed by atoms with Crippen molar-refractivity contribution in [2.45, 2.75) is 19.5 Å². The molecular formula is C16H16FN3S. The maximum absolute atomic E-state index is 13.3. The molecule has 1 aliphatic rings. The van der Waals surface area contributed by atoms with E-state index in [1.165, 1.54) is 10.9 Å². The number of fused-ring (bicyclic) bond motifs is 1. The van der Waals surface area contributed by atoms with E-state index in [2.05, 4.69) is 16.3 Å². The highest BCUT2D eigenvalue weighted by Gasteiger charge is 2.24. The van der Waals surface area contributed by atoms with Crippen molar-refractivity contribution >= 4 is 16.3 Å². The van der Waals surface area contributed by atoms with Crippen molar-refractivity contribution in [2.24, 2.45) is 0 Å². The van der Waals surface area contributed by atoms with Crippen molar-refractivity contribution in [2.75, 3.05) is 18.9 Å². The Labute approximate surface area is 127 Å². The van der Waals surface area contributed by atoms with Crippen LogP contribution in [0.15, 0.2) is 24.3 Å². The number of halogens is 1. The Kier molecular flexibility index (Phi) is 3.91. The molecule has 5 heteroatoms. The van der Waals surface area contributed by atoms with Gasteiger partial charge in [0.1, 0.15) is 16.9 Å². The van der Waals surface area contributed by atoms with Gasteiger partial charge in [0.15, 0.2) is 0 Å². The summed E-state index contributed by atoms with van der Waals surface area (Å²) >= 11 is 1.68. The van der Waals surface area contributed by atoms with Gasteiger partial charge in [-0.3, -0.25) is 4.90 Å². The third-order valence-corrected chi connectivity index (χ3v) is 5.07. The second-order valence-corrected chi connectivity index (χ2v) is 6.27. The van der Waals surface area contributed by atoms with E-state index >= 15 is 0 Å². The van der Waals surface area contributed by atoms with Crippen LogP contribution in [-0.2, 0) is 19.5 Å². The molecule has 2 aromatic rings. The van der Waals surface area contributed by atoms with Gasteiger partial charge in [-0.25, -0.2) is 4.39 Å². The number of anilines is 1. The van der Waals surface area contributed by atoms with Gasteiger partial charge in [-0.1, -0.05) is 12.1 Å². The van der Waals surface area contributed by atoms with E-state index in [-0.39, 0.29) is 5.82 Å². The minimum atomic E-state index is -0.198. The molecule has 0 atom stereocenters. The van der Waals surface area contributed by atoms with Gasteiger partial charge in [0.05, 0.1) is 5.56 Å². The van der Waals surface area contributed by atoms with Gasteiger partial charge in [-0.15, -0.1) is 11.3 Å². The van der Waals surface area contributed by atoms with Gasteiger partial charge in [0.25, 0.3) is 0 Å². The first-order valence-corrected chi connectivity index (χ1v) is 7.72. The first-order chi connectivity index (χ1) is 10.2. The highest BCUT2D eigenvalue weighted by molar-refractivity contribution is 7.16. The highest BCUT2D eigenvalue weighted by Crippen LogP contribution is 2.36. The molecule has 2 heterocycles. The fraction of sp³-hybridized carbons (Fsp3) is 0.312. The van der Waals surface area contributed by atoms with Crippen LogP contribution in [0.5, 0.6) is 0 Å². The smallest absolute Gasteiger partial charge is 0.123 e. The first kappa shape index (κ1) is 14.1. The summed E-state index contributed by atoms with van der Waals surface area (Å²) in [7, 11) is 1.85. The second kappa shape index (κ2) is 5.84. The summed E-state index contributed by atoms with van der Waals surface area (Å²) in [6.45, 7) is 2.41. The van der Waals surface area contributed by atoms with E-state index in [1.54, 1.807) is 23.5 Å². The Balaban J connectivity index is 1.81. The molecule has 1 aromatic heterocycles. The molecule has 0 bridgehead atoms. The summed E-state index contributed by atoms with van der Waals surface area (Å²) in [5.74, 6) is -0.198. The van der Waals surface area contributed by atoms with Gasteiger partial charge in [0, 0.05) is 37.1 Å². The summed E-state index contributed by atoms with van der Waals surface area (Å²) in [6, 6.07) is 9.03. The molecule has 1 aromatic carbocycles. The first-order valence-electron chi connectivity index (χ1n) is 6.90. The van der Waals surface area contributed by atoms with E-state index in [9.17, 15) is 9.65 Å². The monoisotopic (exact) mass is 301 g/mol. The Morgan fingerprint density at radius 2 is 2.33 bits per heavy atom. The summed E-state index contributed by atoms with van der Waals surface area (Å²) in [6.07, 6.45) is 0.950. The Hall–Kier alpha value is -1.90. The molecule has 0 spiro atoms. The highest BCUT2D eigenvalue weighted by atomic mass is 32.1. The predicted octanol–water partition coefficient (Wildman–Crippen LogP) is 3.36. The number of nitrogens with zero attached hydrogens (tertiary/aromatic N) is 2. The van der Waals surface area contributed by atoms with Gasteiger partial charge < -0.3 is 5.32 Å². The summed E-state index contributed by atoms with van der Waals surface area (Å²) in [5, 5.41) is 13.4. The lowest BCUT2D eigenvalue weighted by atomic mass is 10.0. The maximum Gasteiger partial charge on any atom is 0.123 e. The van der Waals surface area contributed by atoms with Gasteiger partial charge in [-0.2, -0.15) is 5.26 Å². The molecule has 0 aliphatic carbocycles. The summed E-state index contributed by atoms with van der Waals surface area (Å²) in [4.78, 5) is 3.57. The van der Waals surface area contributed by atoms with Crippen molar-refractivity contribution in [3.05, 3.63) is 51.7 Å². The van der Waals surface area contributed by atoms with Crippen LogP contribution in [0.4, 0.5) is 9.39 Å². The largest absolute Gasteiger partial charge is 0.379 e. The maximum atomic E-state index is 13.3. The molecule has 0 amide bonds. The van der Waals surface area contributed by atoms with Crippen LogP contribution in [0, 0.1) is 17.1 Å². The number of rotatable bonds is 3. The summed E-state index contributed by atoms with van der Waals surface area (Å²) in [5.41, 5.74) is 2.87. The molecule has 0 radical (unpaired) electrons. The number of hydrogen-bond donors (Lipinski definition) is 1. The van der Waals surface area contributed by atoms with Crippen LogP contribution in [0.3, 0.4) is 0 Å². The molecule has 0 saturated carbocycles. The zero-order valence-corrected chi connectivity index (χ0v) is 12.6. The van der Waals surface area contributed by atoms with Crippen molar-refractivity contribution in [1.29, 1.82) is 5.26 Å². The zero-order chi connectivity index (χ0) is 14.8. The van der Waals surface area contributed by atoms with Crippen molar-refractivity contribution in [3.63, 3.8) is 0 Å². The number of thiophene rings is 1. The zero-order valence-electron chi connectivity index (χ0n) is 11.8. The van der Waals surface area contributed by atoms with Crippen molar-refractivity contribution in [1.82, 2.24) is 4.90 Å². The Morgan fingerprint density at radius 1 is 1.48 bits per heavy atom. The molecule has 0 unspecified atom stereocenters. The number of benzene rings is 1. The van der Waals surface area contributed by atoms with E-state index in [0.717, 1.165) is 41.2 Å². The van der Waals surface area contributed by atoms with Crippen molar-refractivity contribution in [3.8, 4) is 6.07 Å². The third-order valence-electron chi connectivity index (χ3n) is 3.76. The van der Waals surface area contributed by atoms with Gasteiger partial charge >= 0.3 is 0 Å². The minimum absolute atomic E-state index is 0.198. The van der Waals surface area contributed by atoms with E-state index in [4.69, 9.17) is 0 Å². The molecule has 1 N–H and O–H groups in total. The predicted molar refractivity (Wildman–Crippen MR) is 82.8 cm³/mol. The van der Waals surface area contributed by atoms with Crippen LogP contribution in [-0.4, -0.2) is 18.5 Å². The normalized spacial score (nSPS) is 14.5. The Bertz CT molecular complexity index is 702. The SMILES string of the molecule is CNc1sc2c(c1C#N)CN(Cc1cccc(F)c1)CC2. The fourth-order valence-corrected chi connectivity index (χ4v) is 3.87. The molecule has 108 valence electrons. The molecule has 1 aliphatic heterocycles. The molecule has 0 fully saturated rings. The number of hydrogen-bond acceptors (Lipinski definition) is 4. The average molecular weight is 301 g/mol.